The average Bonchev–Trinajstić information content (AvgIpc) is 2.90. The van der Waals surface area contributed by atoms with Crippen molar-refractivity contribution in [3.05, 3.63) is 68.5 Å². The van der Waals surface area contributed by atoms with Gasteiger partial charge in [-0.25, -0.2) is 4.90 Å². The summed E-state index contributed by atoms with van der Waals surface area (Å²) in [6.07, 6.45) is 4.86. The monoisotopic (exact) mass is 405 g/mol. The van der Waals surface area contributed by atoms with Crippen molar-refractivity contribution < 1.29 is 9.59 Å². The van der Waals surface area contributed by atoms with Crippen LogP contribution in [-0.2, 0) is 11.2 Å². The van der Waals surface area contributed by atoms with E-state index < -0.39 is 0 Å². The third kappa shape index (κ3) is 4.14. The Kier molecular flexibility index (Phi) is 6.07. The van der Waals surface area contributed by atoms with Crippen LogP contribution in [0, 0.1) is 0 Å². The van der Waals surface area contributed by atoms with Crippen molar-refractivity contribution >= 4 is 57.9 Å². The van der Waals surface area contributed by atoms with Crippen molar-refractivity contribution in [2.75, 3.05) is 4.90 Å². The third-order valence-electron chi connectivity index (χ3n) is 4.06. The molecule has 2 amide bonds. The summed E-state index contributed by atoms with van der Waals surface area (Å²) in [7, 11) is 0. The largest absolute Gasteiger partial charge is 0.298 e. The highest BCUT2D eigenvalue weighted by Gasteiger charge is 2.36. The molecule has 3 rings (SSSR count). The molecule has 6 heteroatoms. The molecule has 0 N–H and O–H groups in total. The van der Waals surface area contributed by atoms with Crippen LogP contribution >= 0.6 is 35.0 Å². The lowest BCUT2D eigenvalue weighted by atomic mass is 10.1. The van der Waals surface area contributed by atoms with Crippen LogP contribution in [0.3, 0.4) is 0 Å². The van der Waals surface area contributed by atoms with E-state index >= 15 is 0 Å². The topological polar surface area (TPSA) is 37.4 Å². The van der Waals surface area contributed by atoms with Crippen LogP contribution in [0.1, 0.15) is 30.9 Å². The van der Waals surface area contributed by atoms with E-state index in [0.717, 1.165) is 31.0 Å². The molecular formula is C20H17Cl2NO2S. The Morgan fingerprint density at radius 1 is 1.08 bits per heavy atom. The molecule has 0 aromatic heterocycles. The second kappa shape index (κ2) is 8.30. The summed E-state index contributed by atoms with van der Waals surface area (Å²) in [4.78, 5) is 26.6. The minimum Gasteiger partial charge on any atom is -0.268 e. The standard InChI is InChI=1S/C20H17Cl2NO2S/c1-2-3-4-13-5-9-16(10-6-13)23-19(24)18(26-20(23)25)11-14-7-8-15(21)12-17(14)22/h5-12H,2-4H2,1H3/b18-11-. The molecule has 2 aromatic rings. The third-order valence-corrected chi connectivity index (χ3v) is 5.49. The summed E-state index contributed by atoms with van der Waals surface area (Å²) >= 11 is 13.0. The van der Waals surface area contributed by atoms with Crippen LogP contribution in [0.25, 0.3) is 6.08 Å². The number of hydrogen-bond acceptors (Lipinski definition) is 3. The number of halogens is 2. The molecule has 1 aliphatic heterocycles. The molecule has 0 spiro atoms. The lowest BCUT2D eigenvalue weighted by molar-refractivity contribution is -0.113. The maximum absolute atomic E-state index is 12.7. The van der Waals surface area contributed by atoms with Crippen LogP contribution in [0.5, 0.6) is 0 Å². The predicted octanol–water partition coefficient (Wildman–Crippen LogP) is 6.58. The fourth-order valence-electron chi connectivity index (χ4n) is 2.64. The molecular weight excluding hydrogens is 389 g/mol. The van der Waals surface area contributed by atoms with E-state index in [1.807, 2.05) is 24.3 Å². The van der Waals surface area contributed by atoms with Crippen LogP contribution in [-0.4, -0.2) is 11.1 Å². The van der Waals surface area contributed by atoms with Gasteiger partial charge in [-0.05, 0) is 66.1 Å². The fourth-order valence-corrected chi connectivity index (χ4v) is 3.94. The maximum Gasteiger partial charge on any atom is 0.298 e. The van der Waals surface area contributed by atoms with Gasteiger partial charge < -0.3 is 0 Å². The number of thioether (sulfide) groups is 1. The van der Waals surface area contributed by atoms with Gasteiger partial charge in [-0.3, -0.25) is 9.59 Å². The Bertz CT molecular complexity index is 878. The van der Waals surface area contributed by atoms with Crippen molar-refractivity contribution in [2.24, 2.45) is 0 Å². The van der Waals surface area contributed by atoms with Crippen LogP contribution in [0.4, 0.5) is 10.5 Å². The van der Waals surface area contributed by atoms with Gasteiger partial charge in [0.05, 0.1) is 10.6 Å². The van der Waals surface area contributed by atoms with Gasteiger partial charge in [-0.2, -0.15) is 0 Å². The number of unbranched alkanes of at least 4 members (excludes halogenated alkanes) is 1. The molecule has 0 atom stereocenters. The molecule has 1 heterocycles. The summed E-state index contributed by atoms with van der Waals surface area (Å²) < 4.78 is 0. The SMILES string of the molecule is CCCCc1ccc(N2C(=O)S/C(=C\c3ccc(Cl)cc3Cl)C2=O)cc1. The second-order valence-corrected chi connectivity index (χ2v) is 7.79. The number of imide groups is 1. The van der Waals surface area contributed by atoms with Crippen molar-refractivity contribution in [1.82, 2.24) is 0 Å². The summed E-state index contributed by atoms with van der Waals surface area (Å²) in [6, 6.07) is 12.6. The number of benzene rings is 2. The number of hydrogen-bond donors (Lipinski definition) is 0. The molecule has 0 unspecified atom stereocenters. The number of rotatable bonds is 5. The maximum atomic E-state index is 12.7. The molecule has 2 aromatic carbocycles. The summed E-state index contributed by atoms with van der Waals surface area (Å²) in [6.45, 7) is 2.15. The quantitative estimate of drug-likeness (QED) is 0.527. The van der Waals surface area contributed by atoms with Gasteiger partial charge in [0.15, 0.2) is 0 Å². The fraction of sp³-hybridized carbons (Fsp3) is 0.200. The molecule has 134 valence electrons. The summed E-state index contributed by atoms with van der Waals surface area (Å²) in [5.41, 5.74) is 2.43. The zero-order chi connectivity index (χ0) is 18.7. The molecule has 0 saturated carbocycles. The van der Waals surface area contributed by atoms with Gasteiger partial charge in [-0.1, -0.05) is 54.7 Å². The number of nitrogens with zero attached hydrogens (tertiary/aromatic N) is 1. The smallest absolute Gasteiger partial charge is 0.268 e. The zero-order valence-corrected chi connectivity index (χ0v) is 16.5. The molecule has 26 heavy (non-hydrogen) atoms. The Morgan fingerprint density at radius 2 is 1.81 bits per heavy atom. The van der Waals surface area contributed by atoms with E-state index in [0.29, 0.717) is 26.2 Å². The predicted molar refractivity (Wildman–Crippen MR) is 110 cm³/mol. The van der Waals surface area contributed by atoms with Gasteiger partial charge in [0.25, 0.3) is 11.1 Å². The van der Waals surface area contributed by atoms with Crippen molar-refractivity contribution in [1.29, 1.82) is 0 Å². The van der Waals surface area contributed by atoms with Crippen molar-refractivity contribution in [3.8, 4) is 0 Å². The average molecular weight is 406 g/mol. The summed E-state index contributed by atoms with van der Waals surface area (Å²) in [5, 5.41) is 0.639. The van der Waals surface area contributed by atoms with E-state index in [9.17, 15) is 9.59 Å². The highest BCUT2D eigenvalue weighted by molar-refractivity contribution is 8.19. The first-order valence-corrected chi connectivity index (χ1v) is 9.89. The lowest BCUT2D eigenvalue weighted by Gasteiger charge is -2.13. The van der Waals surface area contributed by atoms with Gasteiger partial charge in [0.2, 0.25) is 0 Å². The molecule has 3 nitrogen and oxygen atoms in total. The minimum atomic E-state index is -0.340. The van der Waals surface area contributed by atoms with Gasteiger partial charge in [0.1, 0.15) is 0 Å². The molecule has 0 aliphatic carbocycles. The molecule has 1 saturated heterocycles. The Labute approximate surface area is 167 Å². The number of amides is 2. The Balaban J connectivity index is 1.83. The zero-order valence-electron chi connectivity index (χ0n) is 14.2. The van der Waals surface area contributed by atoms with Crippen molar-refractivity contribution in [3.63, 3.8) is 0 Å². The Morgan fingerprint density at radius 3 is 2.46 bits per heavy atom. The molecule has 1 fully saturated rings. The van der Waals surface area contributed by atoms with E-state index in [4.69, 9.17) is 23.2 Å². The number of carbonyl (C=O) groups excluding carboxylic acids is 2. The van der Waals surface area contributed by atoms with Gasteiger partial charge in [-0.15, -0.1) is 0 Å². The lowest BCUT2D eigenvalue weighted by Crippen LogP contribution is -2.27. The molecule has 0 bridgehead atoms. The molecule has 0 radical (unpaired) electrons. The van der Waals surface area contributed by atoms with Crippen LogP contribution in [0.15, 0.2) is 47.4 Å². The molecule has 1 aliphatic rings. The van der Waals surface area contributed by atoms with E-state index in [2.05, 4.69) is 6.92 Å². The van der Waals surface area contributed by atoms with Crippen LogP contribution < -0.4 is 4.90 Å². The minimum absolute atomic E-state index is 0.312. The van der Waals surface area contributed by atoms with E-state index in [1.54, 1.807) is 24.3 Å². The normalized spacial score (nSPS) is 16.0. The highest BCUT2D eigenvalue weighted by atomic mass is 35.5. The first-order chi connectivity index (χ1) is 12.5. The summed E-state index contributed by atoms with van der Waals surface area (Å²) in [5.74, 6) is -0.340. The first-order valence-electron chi connectivity index (χ1n) is 8.31. The van der Waals surface area contributed by atoms with Gasteiger partial charge in [0, 0.05) is 10.0 Å². The van der Waals surface area contributed by atoms with E-state index in [-0.39, 0.29) is 11.1 Å². The van der Waals surface area contributed by atoms with Crippen LogP contribution in [0.2, 0.25) is 10.0 Å². The Hall–Kier alpha value is -1.75. The van der Waals surface area contributed by atoms with E-state index in [1.165, 1.54) is 10.5 Å². The number of anilines is 1. The first kappa shape index (κ1) is 19.0. The second-order valence-electron chi connectivity index (χ2n) is 5.95. The van der Waals surface area contributed by atoms with Gasteiger partial charge >= 0.3 is 0 Å². The number of carbonyl (C=O) groups is 2. The number of aryl methyl sites for hydroxylation is 1. The highest BCUT2D eigenvalue weighted by Crippen LogP contribution is 2.37. The van der Waals surface area contributed by atoms with Crippen molar-refractivity contribution in [2.45, 2.75) is 26.2 Å².